The molecule has 2 aromatic rings. The Hall–Kier alpha value is -3.25. The van der Waals surface area contributed by atoms with Gasteiger partial charge in [-0.1, -0.05) is 19.4 Å². The number of unbranched alkanes of at least 4 members (excludes halogenated alkanes) is 1. The van der Waals surface area contributed by atoms with Gasteiger partial charge < -0.3 is 14.2 Å². The van der Waals surface area contributed by atoms with Crippen molar-refractivity contribution in [2.75, 3.05) is 13.7 Å². The van der Waals surface area contributed by atoms with Crippen molar-refractivity contribution in [3.05, 3.63) is 57.6 Å². The van der Waals surface area contributed by atoms with Gasteiger partial charge >= 0.3 is 10.1 Å². The molecular formula is C20H24N4O6S2. The maximum atomic E-state index is 12.6. The van der Waals surface area contributed by atoms with Crippen LogP contribution < -0.4 is 19.7 Å². The monoisotopic (exact) mass is 480 g/mol. The molecule has 12 heteroatoms. The molecule has 10 nitrogen and oxygen atoms in total. The maximum absolute atomic E-state index is 12.6. The quantitative estimate of drug-likeness (QED) is 0.131. The fourth-order valence-corrected chi connectivity index (χ4v) is 3.64. The van der Waals surface area contributed by atoms with Crippen LogP contribution in [0.1, 0.15) is 30.9 Å². The summed E-state index contributed by atoms with van der Waals surface area (Å²) in [6.45, 7) is 4.34. The minimum atomic E-state index is -4.33. The molecule has 0 atom stereocenters. The van der Waals surface area contributed by atoms with Crippen molar-refractivity contribution in [3.8, 4) is 11.5 Å². The van der Waals surface area contributed by atoms with E-state index in [1.165, 1.54) is 44.5 Å². The SMILES string of the molecule is CCCCNC(=S)NN=Cc1ccc(OS(=O)(=O)c2ccc(C)c([N+](=O)[O-])c2)c(OC)c1. The lowest BCUT2D eigenvalue weighted by Crippen LogP contribution is -2.32. The number of ether oxygens (including phenoxy) is 1. The molecule has 2 rings (SSSR count). The lowest BCUT2D eigenvalue weighted by atomic mass is 10.2. The summed E-state index contributed by atoms with van der Waals surface area (Å²) in [5.41, 5.74) is 3.31. The molecule has 2 N–H and O–H groups in total. The second-order valence-electron chi connectivity index (χ2n) is 6.63. The third-order valence-electron chi connectivity index (χ3n) is 4.25. The van der Waals surface area contributed by atoms with Crippen LogP contribution >= 0.6 is 12.2 Å². The fraction of sp³-hybridized carbons (Fsp3) is 0.300. The van der Waals surface area contributed by atoms with Crippen molar-refractivity contribution < 1.29 is 22.3 Å². The molecule has 0 bridgehead atoms. The predicted molar refractivity (Wildman–Crippen MR) is 125 cm³/mol. The number of thiocarbonyl (C=S) groups is 1. The van der Waals surface area contributed by atoms with Gasteiger partial charge in [0.1, 0.15) is 4.90 Å². The zero-order chi connectivity index (χ0) is 23.7. The number of nitro benzene ring substituents is 1. The summed E-state index contributed by atoms with van der Waals surface area (Å²) >= 11 is 5.10. The first-order chi connectivity index (χ1) is 15.2. The summed E-state index contributed by atoms with van der Waals surface area (Å²) in [5, 5.41) is 18.5. The Balaban J connectivity index is 2.16. The van der Waals surface area contributed by atoms with Gasteiger partial charge in [0.05, 0.1) is 18.2 Å². The van der Waals surface area contributed by atoms with Gasteiger partial charge in [-0.15, -0.1) is 0 Å². The molecule has 0 amide bonds. The van der Waals surface area contributed by atoms with E-state index >= 15 is 0 Å². The van der Waals surface area contributed by atoms with Gasteiger partial charge in [-0.2, -0.15) is 13.5 Å². The molecule has 0 radical (unpaired) electrons. The van der Waals surface area contributed by atoms with Gasteiger partial charge in [0.25, 0.3) is 5.69 Å². The summed E-state index contributed by atoms with van der Waals surface area (Å²) in [6.07, 6.45) is 3.52. The van der Waals surface area contributed by atoms with Crippen LogP contribution in [0.15, 0.2) is 46.4 Å². The van der Waals surface area contributed by atoms with E-state index < -0.39 is 15.0 Å². The third-order valence-corrected chi connectivity index (χ3v) is 5.71. The molecule has 0 saturated carbocycles. The first-order valence-corrected chi connectivity index (χ1v) is 11.4. The van der Waals surface area contributed by atoms with E-state index in [1.54, 1.807) is 6.07 Å². The highest BCUT2D eigenvalue weighted by Crippen LogP contribution is 2.31. The molecule has 172 valence electrons. The van der Waals surface area contributed by atoms with Gasteiger partial charge in [-0.05, 0) is 55.4 Å². The number of aryl methyl sites for hydroxylation is 1. The van der Waals surface area contributed by atoms with E-state index in [1.807, 2.05) is 0 Å². The molecule has 0 aromatic heterocycles. The number of hydrogen-bond donors (Lipinski definition) is 2. The first kappa shape index (κ1) is 25.0. The Bertz CT molecular complexity index is 1120. The number of nitro groups is 1. The molecule has 2 aromatic carbocycles. The highest BCUT2D eigenvalue weighted by Gasteiger charge is 2.23. The van der Waals surface area contributed by atoms with Crippen molar-refractivity contribution >= 4 is 39.4 Å². The first-order valence-electron chi connectivity index (χ1n) is 9.62. The number of rotatable bonds is 10. The van der Waals surface area contributed by atoms with Gasteiger partial charge in [-0.3, -0.25) is 15.5 Å². The number of nitrogens with zero attached hydrogens (tertiary/aromatic N) is 2. The van der Waals surface area contributed by atoms with Gasteiger partial charge in [0.15, 0.2) is 16.6 Å². The zero-order valence-electron chi connectivity index (χ0n) is 17.8. The summed E-state index contributed by atoms with van der Waals surface area (Å²) in [7, 11) is -2.97. The lowest BCUT2D eigenvalue weighted by Gasteiger charge is -2.11. The minimum Gasteiger partial charge on any atom is -0.493 e. The second kappa shape index (κ2) is 11.4. The van der Waals surface area contributed by atoms with E-state index in [2.05, 4.69) is 22.8 Å². The second-order valence-corrected chi connectivity index (χ2v) is 8.59. The number of hydrogen-bond acceptors (Lipinski definition) is 8. The highest BCUT2D eigenvalue weighted by molar-refractivity contribution is 7.87. The van der Waals surface area contributed by atoms with Crippen molar-refractivity contribution in [2.24, 2.45) is 5.10 Å². The number of nitrogens with one attached hydrogen (secondary N) is 2. The highest BCUT2D eigenvalue weighted by atomic mass is 32.2. The van der Waals surface area contributed by atoms with Crippen molar-refractivity contribution in [3.63, 3.8) is 0 Å². The zero-order valence-corrected chi connectivity index (χ0v) is 19.5. The van der Waals surface area contributed by atoms with Crippen molar-refractivity contribution in [1.29, 1.82) is 0 Å². The minimum absolute atomic E-state index is 0.0717. The normalized spacial score (nSPS) is 11.2. The molecule has 0 aliphatic carbocycles. The van der Waals surface area contributed by atoms with Gasteiger partial charge in [0.2, 0.25) is 0 Å². The Labute approximate surface area is 191 Å². The molecule has 0 fully saturated rings. The van der Waals surface area contributed by atoms with Crippen LogP contribution in [0.4, 0.5) is 5.69 Å². The van der Waals surface area contributed by atoms with Crippen molar-refractivity contribution in [1.82, 2.24) is 10.7 Å². The van der Waals surface area contributed by atoms with Crippen LogP contribution in [0, 0.1) is 17.0 Å². The van der Waals surface area contributed by atoms with Crippen LogP contribution in [0.3, 0.4) is 0 Å². The molecule has 0 heterocycles. The van der Waals surface area contributed by atoms with Crippen LogP contribution in [0.2, 0.25) is 0 Å². The van der Waals surface area contributed by atoms with E-state index in [0.717, 1.165) is 25.5 Å². The molecule has 0 spiro atoms. The van der Waals surface area contributed by atoms with Gasteiger partial charge in [0, 0.05) is 18.2 Å². The molecule has 0 unspecified atom stereocenters. The Kier molecular flexibility index (Phi) is 8.91. The van der Waals surface area contributed by atoms with E-state index in [4.69, 9.17) is 21.1 Å². The van der Waals surface area contributed by atoms with Gasteiger partial charge in [-0.25, -0.2) is 0 Å². The molecule has 0 aliphatic rings. The van der Waals surface area contributed by atoms with Crippen molar-refractivity contribution in [2.45, 2.75) is 31.6 Å². The average molecular weight is 481 g/mol. The van der Waals surface area contributed by atoms with E-state index in [-0.39, 0.29) is 22.1 Å². The number of benzene rings is 2. The molecule has 32 heavy (non-hydrogen) atoms. The van der Waals surface area contributed by atoms with Crippen LogP contribution in [0.5, 0.6) is 11.5 Å². The Morgan fingerprint density at radius 2 is 2.00 bits per heavy atom. The predicted octanol–water partition coefficient (Wildman–Crippen LogP) is 3.28. The van der Waals surface area contributed by atoms with Crippen LogP contribution in [-0.2, 0) is 10.1 Å². The third kappa shape index (κ3) is 6.89. The summed E-state index contributed by atoms with van der Waals surface area (Å²) < 4.78 is 35.7. The summed E-state index contributed by atoms with van der Waals surface area (Å²) in [4.78, 5) is 10.1. The largest absolute Gasteiger partial charge is 0.493 e. The average Bonchev–Trinajstić information content (AvgIpc) is 2.74. The number of methoxy groups -OCH3 is 1. The van der Waals surface area contributed by atoms with Crippen LogP contribution in [0.25, 0.3) is 0 Å². The summed E-state index contributed by atoms with van der Waals surface area (Å²) in [5.74, 6) is 0.0698. The standard InChI is InChI=1S/C20H24N4O6S2/c1-4-5-10-21-20(31)23-22-13-15-7-9-18(19(11-15)29-3)30-32(27,28)16-8-6-14(2)17(12-16)24(25)26/h6-9,11-13H,4-5,10H2,1-3H3,(H2,21,23,31). The fourth-order valence-electron chi connectivity index (χ4n) is 2.52. The molecule has 0 aliphatic heterocycles. The summed E-state index contributed by atoms with van der Waals surface area (Å²) in [6, 6.07) is 8.05. The lowest BCUT2D eigenvalue weighted by molar-refractivity contribution is -0.385. The number of hydrazone groups is 1. The topological polar surface area (TPSA) is 132 Å². The van der Waals surface area contributed by atoms with Crippen LogP contribution in [-0.4, -0.2) is 38.3 Å². The Morgan fingerprint density at radius 1 is 1.25 bits per heavy atom. The smallest absolute Gasteiger partial charge is 0.339 e. The molecular weight excluding hydrogens is 456 g/mol. The van der Waals surface area contributed by atoms with E-state index in [0.29, 0.717) is 16.2 Å². The maximum Gasteiger partial charge on any atom is 0.339 e. The Morgan fingerprint density at radius 3 is 2.66 bits per heavy atom. The van der Waals surface area contributed by atoms with E-state index in [9.17, 15) is 18.5 Å². The molecule has 0 saturated heterocycles.